The molecule has 0 bridgehead atoms. The zero-order valence-corrected chi connectivity index (χ0v) is 20.3. The van der Waals surface area contributed by atoms with Crippen molar-refractivity contribution in [2.24, 2.45) is 5.92 Å². The number of anilines is 1. The Morgan fingerprint density at radius 2 is 1.74 bits per heavy atom. The molecule has 2 N–H and O–H groups in total. The van der Waals surface area contributed by atoms with E-state index in [9.17, 15) is 9.59 Å². The molecule has 0 radical (unpaired) electrons. The highest BCUT2D eigenvalue weighted by Crippen LogP contribution is 2.30. The second-order valence-corrected chi connectivity index (χ2v) is 9.18. The summed E-state index contributed by atoms with van der Waals surface area (Å²) >= 11 is 0. The minimum atomic E-state index is -0.221. The van der Waals surface area contributed by atoms with Crippen LogP contribution in [0.15, 0.2) is 48.5 Å². The number of benzene rings is 2. The molecule has 1 heterocycles. The van der Waals surface area contributed by atoms with E-state index in [1.165, 1.54) is 0 Å². The summed E-state index contributed by atoms with van der Waals surface area (Å²) in [4.78, 5) is 26.5. The molecule has 0 aromatic heterocycles. The highest BCUT2D eigenvalue weighted by atomic mass is 16.5. The number of carbonyl (C=O) groups is 2. The van der Waals surface area contributed by atoms with E-state index in [1.54, 1.807) is 18.2 Å². The molecule has 1 aliphatic heterocycles. The molecule has 2 amide bonds. The van der Waals surface area contributed by atoms with Crippen LogP contribution in [-0.2, 0) is 20.9 Å². The summed E-state index contributed by atoms with van der Waals surface area (Å²) in [6, 6.07) is 15.4. The average molecular weight is 482 g/mol. The van der Waals surface area contributed by atoms with Gasteiger partial charge in [0.15, 0.2) is 6.61 Å². The predicted octanol–water partition coefficient (Wildman–Crippen LogP) is 3.22. The van der Waals surface area contributed by atoms with E-state index in [1.807, 2.05) is 30.3 Å². The van der Waals surface area contributed by atoms with Gasteiger partial charge < -0.3 is 24.8 Å². The Kier molecular flexibility index (Phi) is 8.97. The molecule has 0 spiro atoms. The lowest BCUT2D eigenvalue weighted by molar-refractivity contribution is -0.123. The van der Waals surface area contributed by atoms with Crippen LogP contribution in [0.1, 0.15) is 31.2 Å². The summed E-state index contributed by atoms with van der Waals surface area (Å²) in [5, 5.41) is 5.76. The van der Waals surface area contributed by atoms with Gasteiger partial charge >= 0.3 is 0 Å². The Bertz CT molecular complexity index is 988. The van der Waals surface area contributed by atoms with Crippen LogP contribution >= 0.6 is 0 Å². The van der Waals surface area contributed by atoms with Gasteiger partial charge in [0.1, 0.15) is 18.1 Å². The van der Waals surface area contributed by atoms with E-state index in [2.05, 4.69) is 22.6 Å². The molecule has 188 valence electrons. The van der Waals surface area contributed by atoms with Crippen LogP contribution < -0.4 is 20.1 Å². The Labute approximate surface area is 206 Å². The van der Waals surface area contributed by atoms with Crippen molar-refractivity contribution in [2.75, 3.05) is 45.3 Å². The van der Waals surface area contributed by atoms with E-state index >= 15 is 0 Å². The van der Waals surface area contributed by atoms with Crippen molar-refractivity contribution in [2.45, 2.75) is 38.3 Å². The van der Waals surface area contributed by atoms with Crippen LogP contribution in [0.4, 0.5) is 5.69 Å². The normalized spacial score (nSPS) is 16.1. The van der Waals surface area contributed by atoms with Crippen molar-refractivity contribution in [3.05, 3.63) is 54.1 Å². The van der Waals surface area contributed by atoms with E-state index < -0.39 is 0 Å². The van der Waals surface area contributed by atoms with Crippen LogP contribution in [-0.4, -0.2) is 62.8 Å². The molecule has 2 aromatic carbocycles. The van der Waals surface area contributed by atoms with Crippen molar-refractivity contribution in [3.63, 3.8) is 0 Å². The number of ether oxygens (including phenoxy) is 3. The molecule has 2 aromatic rings. The second-order valence-electron chi connectivity index (χ2n) is 9.18. The predicted molar refractivity (Wildman–Crippen MR) is 134 cm³/mol. The van der Waals surface area contributed by atoms with Gasteiger partial charge in [0, 0.05) is 50.0 Å². The first kappa shape index (κ1) is 25.0. The van der Waals surface area contributed by atoms with Crippen LogP contribution in [0.25, 0.3) is 0 Å². The highest BCUT2D eigenvalue weighted by Gasteiger charge is 2.29. The molecule has 2 fully saturated rings. The van der Waals surface area contributed by atoms with Gasteiger partial charge in [-0.1, -0.05) is 18.2 Å². The first-order valence-corrected chi connectivity index (χ1v) is 12.4. The first-order chi connectivity index (χ1) is 17.1. The maximum Gasteiger partial charge on any atom is 0.258 e. The van der Waals surface area contributed by atoms with Gasteiger partial charge in [-0.3, -0.25) is 14.5 Å². The molecule has 8 heteroatoms. The number of amides is 2. The quantitative estimate of drug-likeness (QED) is 0.484. The standard InChI is InChI=1S/C27H35N3O5/c1-30(23-10-13-33-14-11-23)12-15-34-24-6-2-4-20(16-24)18-28-26(31)19-35-25-7-3-5-22(17-25)29-27(32)21-8-9-21/h2-7,16-17,21,23H,8-15,18-19H2,1H3,(H,28,31)(H,29,32). The Morgan fingerprint density at radius 3 is 2.51 bits per heavy atom. The van der Waals surface area contributed by atoms with Gasteiger partial charge in [0.05, 0.1) is 0 Å². The van der Waals surface area contributed by atoms with Gasteiger partial charge in [-0.25, -0.2) is 0 Å². The number of carbonyl (C=O) groups excluding carboxylic acids is 2. The molecule has 4 rings (SSSR count). The summed E-state index contributed by atoms with van der Waals surface area (Å²) < 4.78 is 17.0. The summed E-state index contributed by atoms with van der Waals surface area (Å²) in [7, 11) is 2.13. The van der Waals surface area contributed by atoms with Crippen molar-refractivity contribution in [1.29, 1.82) is 0 Å². The molecule has 1 aliphatic carbocycles. The largest absolute Gasteiger partial charge is 0.492 e. The fraction of sp³-hybridized carbons (Fsp3) is 0.481. The minimum Gasteiger partial charge on any atom is -0.492 e. The molecule has 35 heavy (non-hydrogen) atoms. The Balaban J connectivity index is 1.16. The Hall–Kier alpha value is -3.10. The SMILES string of the molecule is CN(CCOc1cccc(CNC(=O)COc2cccc(NC(=O)C3CC3)c2)c1)C1CCOCC1. The highest BCUT2D eigenvalue weighted by molar-refractivity contribution is 5.94. The van der Waals surface area contributed by atoms with Crippen molar-refractivity contribution in [3.8, 4) is 11.5 Å². The number of rotatable bonds is 12. The van der Waals surface area contributed by atoms with Gasteiger partial charge in [0.25, 0.3) is 5.91 Å². The number of hydrogen-bond acceptors (Lipinski definition) is 6. The molecule has 2 aliphatic rings. The van der Waals surface area contributed by atoms with Crippen molar-refractivity contribution in [1.82, 2.24) is 10.2 Å². The lowest BCUT2D eigenvalue weighted by Gasteiger charge is -2.31. The van der Waals surface area contributed by atoms with E-state index in [-0.39, 0.29) is 24.3 Å². The van der Waals surface area contributed by atoms with E-state index in [0.29, 0.717) is 30.6 Å². The zero-order valence-electron chi connectivity index (χ0n) is 20.3. The van der Waals surface area contributed by atoms with Crippen molar-refractivity contribution >= 4 is 17.5 Å². The summed E-state index contributed by atoms with van der Waals surface area (Å²) in [6.07, 6.45) is 4.03. The summed E-state index contributed by atoms with van der Waals surface area (Å²) in [5.41, 5.74) is 1.63. The molecule has 8 nitrogen and oxygen atoms in total. The third-order valence-electron chi connectivity index (χ3n) is 6.33. The third kappa shape index (κ3) is 8.26. The summed E-state index contributed by atoms with van der Waals surface area (Å²) in [6.45, 7) is 3.42. The Morgan fingerprint density at radius 1 is 1.00 bits per heavy atom. The van der Waals surface area contributed by atoms with Crippen LogP contribution in [0.2, 0.25) is 0 Å². The van der Waals surface area contributed by atoms with Gasteiger partial charge in [0.2, 0.25) is 5.91 Å². The maximum atomic E-state index is 12.3. The number of nitrogens with zero attached hydrogens (tertiary/aromatic N) is 1. The molecule has 1 saturated carbocycles. The lowest BCUT2D eigenvalue weighted by atomic mass is 10.1. The second kappa shape index (κ2) is 12.6. The first-order valence-electron chi connectivity index (χ1n) is 12.4. The number of likely N-dealkylation sites (N-methyl/N-ethyl adjacent to an activating group) is 1. The van der Waals surface area contributed by atoms with Gasteiger partial charge in [-0.2, -0.15) is 0 Å². The maximum absolute atomic E-state index is 12.3. The van der Waals surface area contributed by atoms with Gasteiger partial charge in [-0.05, 0) is 62.6 Å². The van der Waals surface area contributed by atoms with E-state index in [0.717, 1.165) is 56.8 Å². The van der Waals surface area contributed by atoms with Crippen LogP contribution in [0.5, 0.6) is 11.5 Å². The summed E-state index contributed by atoms with van der Waals surface area (Å²) in [5.74, 6) is 1.28. The van der Waals surface area contributed by atoms with Crippen LogP contribution in [0.3, 0.4) is 0 Å². The topological polar surface area (TPSA) is 89.1 Å². The molecule has 0 unspecified atom stereocenters. The smallest absolute Gasteiger partial charge is 0.258 e. The molecular formula is C27H35N3O5. The number of nitrogens with one attached hydrogen (secondary N) is 2. The monoisotopic (exact) mass is 481 g/mol. The number of hydrogen-bond donors (Lipinski definition) is 2. The molecule has 0 atom stereocenters. The minimum absolute atomic E-state index is 0.0393. The molecule has 1 saturated heterocycles. The lowest BCUT2D eigenvalue weighted by Crippen LogP contribution is -2.38. The average Bonchev–Trinajstić information content (AvgIpc) is 3.73. The fourth-order valence-corrected chi connectivity index (χ4v) is 4.02. The molecular weight excluding hydrogens is 446 g/mol. The third-order valence-corrected chi connectivity index (χ3v) is 6.33. The van der Waals surface area contributed by atoms with Crippen molar-refractivity contribution < 1.29 is 23.8 Å². The zero-order chi connectivity index (χ0) is 24.5. The van der Waals surface area contributed by atoms with E-state index in [4.69, 9.17) is 14.2 Å². The van der Waals surface area contributed by atoms with Crippen LogP contribution in [0, 0.1) is 5.92 Å². The van der Waals surface area contributed by atoms with Gasteiger partial charge in [-0.15, -0.1) is 0 Å². The fourth-order valence-electron chi connectivity index (χ4n) is 4.02.